The van der Waals surface area contributed by atoms with Crippen LogP contribution in [0.15, 0.2) is 42.5 Å². The lowest BCUT2D eigenvalue weighted by molar-refractivity contribution is -0.114. The second-order valence-corrected chi connectivity index (χ2v) is 6.26. The van der Waals surface area contributed by atoms with Gasteiger partial charge in [-0.05, 0) is 36.4 Å². The van der Waals surface area contributed by atoms with E-state index in [1.165, 1.54) is 18.3 Å². The average Bonchev–Trinajstić information content (AvgIpc) is 2.91. The molecule has 3 rings (SSSR count). The monoisotopic (exact) mass is 345 g/mol. The number of nitrogens with one attached hydrogen (secondary N) is 2. The number of anilines is 2. The largest absolute Gasteiger partial charge is 0.326 e. The van der Waals surface area contributed by atoms with Gasteiger partial charge in [0.25, 0.3) is 5.91 Å². The minimum atomic E-state index is -0.269. The molecular formula is C16H12ClN3O2S. The molecule has 0 radical (unpaired) electrons. The van der Waals surface area contributed by atoms with Crippen LogP contribution in [0.3, 0.4) is 0 Å². The number of nitrogens with zero attached hydrogens (tertiary/aromatic N) is 1. The molecule has 0 saturated carbocycles. The second-order valence-electron chi connectivity index (χ2n) is 4.82. The van der Waals surface area contributed by atoms with E-state index in [0.717, 1.165) is 4.70 Å². The molecule has 2 amide bonds. The second kappa shape index (κ2) is 6.36. The van der Waals surface area contributed by atoms with Crippen LogP contribution in [0.25, 0.3) is 10.2 Å². The third-order valence-corrected chi connectivity index (χ3v) is 4.30. The van der Waals surface area contributed by atoms with Crippen LogP contribution in [-0.4, -0.2) is 16.8 Å². The average molecular weight is 346 g/mol. The first-order valence-electron chi connectivity index (χ1n) is 6.77. The maximum atomic E-state index is 12.2. The highest BCUT2D eigenvalue weighted by Gasteiger charge is 2.11. The minimum Gasteiger partial charge on any atom is -0.326 e. The van der Waals surface area contributed by atoms with E-state index in [1.54, 1.807) is 30.3 Å². The van der Waals surface area contributed by atoms with Gasteiger partial charge in [0.15, 0.2) is 5.13 Å². The molecule has 0 aliphatic heterocycles. The van der Waals surface area contributed by atoms with E-state index in [9.17, 15) is 9.59 Å². The Morgan fingerprint density at radius 2 is 1.83 bits per heavy atom. The van der Waals surface area contributed by atoms with Gasteiger partial charge in [-0.2, -0.15) is 0 Å². The SMILES string of the molecule is CC(=O)Nc1ccc(C(=O)Nc2nc3c(Cl)cccc3s2)cc1. The predicted octanol–water partition coefficient (Wildman–Crippen LogP) is 4.16. The molecule has 2 N–H and O–H groups in total. The van der Waals surface area contributed by atoms with E-state index in [2.05, 4.69) is 15.6 Å². The van der Waals surface area contributed by atoms with Crippen molar-refractivity contribution in [2.45, 2.75) is 6.92 Å². The molecule has 116 valence electrons. The van der Waals surface area contributed by atoms with Crippen molar-refractivity contribution in [3.63, 3.8) is 0 Å². The van der Waals surface area contributed by atoms with Gasteiger partial charge in [-0.3, -0.25) is 14.9 Å². The van der Waals surface area contributed by atoms with Gasteiger partial charge < -0.3 is 5.32 Å². The van der Waals surface area contributed by atoms with Crippen molar-refractivity contribution in [3.8, 4) is 0 Å². The Morgan fingerprint density at radius 1 is 1.09 bits per heavy atom. The summed E-state index contributed by atoms with van der Waals surface area (Å²) in [7, 11) is 0. The summed E-state index contributed by atoms with van der Waals surface area (Å²) in [6.45, 7) is 1.43. The van der Waals surface area contributed by atoms with E-state index in [1.807, 2.05) is 12.1 Å². The van der Waals surface area contributed by atoms with Gasteiger partial charge in [-0.25, -0.2) is 4.98 Å². The molecule has 7 heteroatoms. The van der Waals surface area contributed by atoms with Gasteiger partial charge in [0, 0.05) is 18.2 Å². The van der Waals surface area contributed by atoms with Crippen LogP contribution in [0.1, 0.15) is 17.3 Å². The number of benzene rings is 2. The van der Waals surface area contributed by atoms with E-state index in [0.29, 0.717) is 26.9 Å². The zero-order chi connectivity index (χ0) is 16.4. The first kappa shape index (κ1) is 15.5. The number of thiazole rings is 1. The summed E-state index contributed by atoms with van der Waals surface area (Å²) in [5, 5.41) is 6.45. The zero-order valence-corrected chi connectivity index (χ0v) is 13.7. The van der Waals surface area contributed by atoms with E-state index < -0.39 is 0 Å². The quantitative estimate of drug-likeness (QED) is 0.748. The number of aromatic nitrogens is 1. The van der Waals surface area contributed by atoms with E-state index in [-0.39, 0.29) is 11.8 Å². The van der Waals surface area contributed by atoms with Crippen LogP contribution >= 0.6 is 22.9 Å². The first-order chi connectivity index (χ1) is 11.0. The molecule has 0 saturated heterocycles. The molecule has 0 atom stereocenters. The number of rotatable bonds is 3. The summed E-state index contributed by atoms with van der Waals surface area (Å²) >= 11 is 7.44. The fraction of sp³-hybridized carbons (Fsp3) is 0.0625. The van der Waals surface area contributed by atoms with Gasteiger partial charge in [0.1, 0.15) is 5.52 Å². The lowest BCUT2D eigenvalue weighted by atomic mass is 10.2. The lowest BCUT2D eigenvalue weighted by Gasteiger charge is -2.04. The Kier molecular flexibility index (Phi) is 4.27. The summed E-state index contributed by atoms with van der Waals surface area (Å²) < 4.78 is 0.911. The standard InChI is InChI=1S/C16H12ClN3O2S/c1-9(21)18-11-7-5-10(6-8-11)15(22)20-16-19-14-12(17)3-2-4-13(14)23-16/h2-8H,1H3,(H,18,21)(H,19,20,22). The van der Waals surface area contributed by atoms with Crippen LogP contribution in [0.4, 0.5) is 10.8 Å². The highest BCUT2D eigenvalue weighted by atomic mass is 35.5. The molecular weight excluding hydrogens is 334 g/mol. The molecule has 0 aliphatic carbocycles. The highest BCUT2D eigenvalue weighted by molar-refractivity contribution is 7.22. The Balaban J connectivity index is 1.77. The van der Waals surface area contributed by atoms with Crippen LogP contribution in [-0.2, 0) is 4.79 Å². The van der Waals surface area contributed by atoms with Crippen molar-refractivity contribution < 1.29 is 9.59 Å². The van der Waals surface area contributed by atoms with Crippen molar-refractivity contribution in [1.82, 2.24) is 4.98 Å². The van der Waals surface area contributed by atoms with Crippen molar-refractivity contribution >= 4 is 55.8 Å². The highest BCUT2D eigenvalue weighted by Crippen LogP contribution is 2.30. The topological polar surface area (TPSA) is 71.1 Å². The Bertz CT molecular complexity index is 890. The molecule has 5 nitrogen and oxygen atoms in total. The fourth-order valence-corrected chi connectivity index (χ4v) is 3.21. The number of amides is 2. The van der Waals surface area contributed by atoms with E-state index >= 15 is 0 Å². The molecule has 0 aliphatic rings. The van der Waals surface area contributed by atoms with Gasteiger partial charge in [0.05, 0.1) is 9.72 Å². The summed E-state index contributed by atoms with van der Waals surface area (Å²) in [5.41, 5.74) is 1.79. The van der Waals surface area contributed by atoms with Gasteiger partial charge >= 0.3 is 0 Å². The number of para-hydroxylation sites is 1. The maximum Gasteiger partial charge on any atom is 0.257 e. The third-order valence-electron chi connectivity index (χ3n) is 3.06. The smallest absolute Gasteiger partial charge is 0.257 e. The Labute approximate surface area is 141 Å². The minimum absolute atomic E-state index is 0.159. The van der Waals surface area contributed by atoms with E-state index in [4.69, 9.17) is 11.6 Å². The molecule has 23 heavy (non-hydrogen) atoms. The normalized spacial score (nSPS) is 10.5. The number of halogens is 1. The number of hydrogen-bond donors (Lipinski definition) is 2. The van der Waals surface area contributed by atoms with Crippen LogP contribution in [0.5, 0.6) is 0 Å². The summed E-state index contributed by atoms with van der Waals surface area (Å²) in [5.74, 6) is -0.428. The van der Waals surface area contributed by atoms with Gasteiger partial charge in [0.2, 0.25) is 5.91 Å². The lowest BCUT2D eigenvalue weighted by Crippen LogP contribution is -2.12. The molecule has 2 aromatic carbocycles. The number of hydrogen-bond acceptors (Lipinski definition) is 4. The van der Waals surface area contributed by atoms with Gasteiger partial charge in [-0.15, -0.1) is 0 Å². The summed E-state index contributed by atoms with van der Waals surface area (Å²) in [4.78, 5) is 27.6. The van der Waals surface area contributed by atoms with Crippen molar-refractivity contribution in [1.29, 1.82) is 0 Å². The summed E-state index contributed by atoms with van der Waals surface area (Å²) in [6.07, 6.45) is 0. The number of carbonyl (C=O) groups excluding carboxylic acids is 2. The summed E-state index contributed by atoms with van der Waals surface area (Å²) in [6, 6.07) is 12.1. The molecule has 3 aromatic rings. The molecule has 0 bridgehead atoms. The number of carbonyl (C=O) groups is 2. The van der Waals surface area contributed by atoms with Crippen molar-refractivity contribution in [2.24, 2.45) is 0 Å². The fourth-order valence-electron chi connectivity index (χ4n) is 2.05. The molecule has 0 fully saturated rings. The first-order valence-corrected chi connectivity index (χ1v) is 7.96. The van der Waals surface area contributed by atoms with Gasteiger partial charge in [-0.1, -0.05) is 29.0 Å². The third kappa shape index (κ3) is 3.49. The zero-order valence-electron chi connectivity index (χ0n) is 12.1. The van der Waals surface area contributed by atoms with Crippen molar-refractivity contribution in [2.75, 3.05) is 10.6 Å². The Hall–Kier alpha value is -2.44. The van der Waals surface area contributed by atoms with Crippen molar-refractivity contribution in [3.05, 3.63) is 53.1 Å². The predicted molar refractivity (Wildman–Crippen MR) is 93.3 cm³/mol. The molecule has 1 heterocycles. The van der Waals surface area contributed by atoms with Crippen LogP contribution in [0.2, 0.25) is 5.02 Å². The Morgan fingerprint density at radius 3 is 2.48 bits per heavy atom. The van der Waals surface area contributed by atoms with Crippen LogP contribution < -0.4 is 10.6 Å². The number of fused-ring (bicyclic) bond motifs is 1. The maximum absolute atomic E-state index is 12.2. The van der Waals surface area contributed by atoms with Crippen LogP contribution in [0, 0.1) is 0 Å². The molecule has 1 aromatic heterocycles. The molecule has 0 spiro atoms. The molecule has 0 unspecified atom stereocenters.